The van der Waals surface area contributed by atoms with Gasteiger partial charge in [0.25, 0.3) is 0 Å². The van der Waals surface area contributed by atoms with Crippen LogP contribution in [0.3, 0.4) is 0 Å². The number of likely N-dealkylation sites (tertiary alicyclic amines) is 1. The monoisotopic (exact) mass is 250 g/mol. The Balaban J connectivity index is 2.76. The SMILES string of the molecule is C=CCC(CC=C)C(=O)N1CCCCC1C(C)N. The van der Waals surface area contributed by atoms with Crippen molar-refractivity contribution in [3.05, 3.63) is 25.3 Å². The van der Waals surface area contributed by atoms with Crippen LogP contribution in [0, 0.1) is 5.92 Å². The minimum absolute atomic E-state index is 0.0145. The number of hydrogen-bond donors (Lipinski definition) is 1. The summed E-state index contributed by atoms with van der Waals surface area (Å²) < 4.78 is 0. The quantitative estimate of drug-likeness (QED) is 0.736. The molecular weight excluding hydrogens is 224 g/mol. The normalized spacial score (nSPS) is 21.7. The van der Waals surface area contributed by atoms with Crippen LogP contribution >= 0.6 is 0 Å². The third kappa shape index (κ3) is 3.70. The smallest absolute Gasteiger partial charge is 0.226 e. The number of hydrogen-bond acceptors (Lipinski definition) is 2. The summed E-state index contributed by atoms with van der Waals surface area (Å²) in [5.74, 6) is 0.205. The Kier molecular flexibility index (Phi) is 6.13. The second-order valence-electron chi connectivity index (χ2n) is 5.20. The summed E-state index contributed by atoms with van der Waals surface area (Å²) in [5, 5.41) is 0. The van der Waals surface area contributed by atoms with Gasteiger partial charge in [0, 0.05) is 24.5 Å². The Morgan fingerprint density at radius 2 is 2.00 bits per heavy atom. The van der Waals surface area contributed by atoms with E-state index in [1.807, 2.05) is 24.0 Å². The summed E-state index contributed by atoms with van der Waals surface area (Å²) in [6.07, 6.45) is 8.35. The van der Waals surface area contributed by atoms with Crippen LogP contribution < -0.4 is 5.73 Å². The van der Waals surface area contributed by atoms with Crippen LogP contribution in [0.5, 0.6) is 0 Å². The molecule has 2 atom stereocenters. The number of nitrogens with zero attached hydrogens (tertiary/aromatic N) is 1. The van der Waals surface area contributed by atoms with Crippen molar-refractivity contribution in [2.24, 2.45) is 11.7 Å². The lowest BCUT2D eigenvalue weighted by Crippen LogP contribution is -2.53. The molecule has 3 nitrogen and oxygen atoms in total. The van der Waals surface area contributed by atoms with E-state index < -0.39 is 0 Å². The molecule has 1 rings (SSSR count). The second-order valence-corrected chi connectivity index (χ2v) is 5.20. The van der Waals surface area contributed by atoms with Gasteiger partial charge < -0.3 is 10.6 Å². The Bertz CT molecular complexity index is 289. The average molecular weight is 250 g/mol. The summed E-state index contributed by atoms with van der Waals surface area (Å²) in [6, 6.07) is 0.241. The molecule has 1 aliphatic heterocycles. The van der Waals surface area contributed by atoms with E-state index in [-0.39, 0.29) is 23.9 Å². The van der Waals surface area contributed by atoms with Crippen molar-refractivity contribution in [1.82, 2.24) is 4.90 Å². The van der Waals surface area contributed by atoms with Crippen LogP contribution in [0.15, 0.2) is 25.3 Å². The lowest BCUT2D eigenvalue weighted by atomic mass is 9.92. The fourth-order valence-corrected chi connectivity index (χ4v) is 2.71. The molecule has 0 aromatic carbocycles. The third-order valence-electron chi connectivity index (χ3n) is 3.69. The first-order valence-corrected chi connectivity index (χ1v) is 6.89. The maximum atomic E-state index is 12.6. The van der Waals surface area contributed by atoms with Crippen molar-refractivity contribution >= 4 is 5.91 Å². The van der Waals surface area contributed by atoms with Gasteiger partial charge >= 0.3 is 0 Å². The van der Waals surface area contributed by atoms with Gasteiger partial charge in [-0.15, -0.1) is 13.2 Å². The van der Waals surface area contributed by atoms with Crippen molar-refractivity contribution in [1.29, 1.82) is 0 Å². The molecule has 0 spiro atoms. The van der Waals surface area contributed by atoms with E-state index in [9.17, 15) is 4.79 Å². The molecule has 0 radical (unpaired) electrons. The van der Waals surface area contributed by atoms with Gasteiger partial charge in [-0.25, -0.2) is 0 Å². The highest BCUT2D eigenvalue weighted by Gasteiger charge is 2.32. The zero-order valence-corrected chi connectivity index (χ0v) is 11.5. The van der Waals surface area contributed by atoms with Crippen molar-refractivity contribution in [3.63, 3.8) is 0 Å². The predicted molar refractivity (Wildman–Crippen MR) is 76.1 cm³/mol. The van der Waals surface area contributed by atoms with Gasteiger partial charge in [-0.1, -0.05) is 12.2 Å². The number of carbonyl (C=O) groups is 1. The molecule has 1 saturated heterocycles. The van der Waals surface area contributed by atoms with E-state index in [1.54, 1.807) is 0 Å². The highest BCUT2D eigenvalue weighted by molar-refractivity contribution is 5.79. The van der Waals surface area contributed by atoms with Gasteiger partial charge in [0.1, 0.15) is 0 Å². The maximum Gasteiger partial charge on any atom is 0.226 e. The average Bonchev–Trinajstić information content (AvgIpc) is 2.37. The molecule has 0 aromatic heterocycles. The summed E-state index contributed by atoms with van der Waals surface area (Å²) >= 11 is 0. The summed E-state index contributed by atoms with van der Waals surface area (Å²) in [7, 11) is 0. The third-order valence-corrected chi connectivity index (χ3v) is 3.69. The van der Waals surface area contributed by atoms with Gasteiger partial charge in [0.05, 0.1) is 0 Å². The number of carbonyl (C=O) groups excluding carboxylic acids is 1. The van der Waals surface area contributed by atoms with Gasteiger partial charge in [-0.05, 0) is 39.0 Å². The first-order chi connectivity index (χ1) is 8.61. The summed E-state index contributed by atoms with van der Waals surface area (Å²) in [6.45, 7) is 10.3. The van der Waals surface area contributed by atoms with Crippen molar-refractivity contribution < 1.29 is 4.79 Å². The minimum Gasteiger partial charge on any atom is -0.338 e. The molecule has 0 aliphatic carbocycles. The standard InChI is InChI=1S/C15H26N2O/c1-4-8-13(9-5-2)15(18)17-11-7-6-10-14(17)12(3)16/h4-5,12-14H,1-2,6-11,16H2,3H3. The fourth-order valence-electron chi connectivity index (χ4n) is 2.71. The summed E-state index contributed by atoms with van der Waals surface area (Å²) in [5.41, 5.74) is 6.01. The van der Waals surface area contributed by atoms with E-state index in [1.165, 1.54) is 6.42 Å². The zero-order chi connectivity index (χ0) is 13.5. The fraction of sp³-hybridized carbons (Fsp3) is 0.667. The van der Waals surface area contributed by atoms with Crippen molar-refractivity contribution in [2.45, 2.75) is 51.1 Å². The maximum absolute atomic E-state index is 12.6. The molecule has 0 saturated carbocycles. The van der Waals surface area contributed by atoms with E-state index in [4.69, 9.17) is 5.73 Å². The van der Waals surface area contributed by atoms with E-state index in [2.05, 4.69) is 13.2 Å². The highest BCUT2D eigenvalue weighted by atomic mass is 16.2. The molecule has 102 valence electrons. The molecule has 18 heavy (non-hydrogen) atoms. The van der Waals surface area contributed by atoms with Crippen LogP contribution in [0.1, 0.15) is 39.0 Å². The van der Waals surface area contributed by atoms with Crippen LogP contribution in [-0.2, 0) is 4.79 Å². The number of amides is 1. The molecule has 0 bridgehead atoms. The molecular formula is C15H26N2O. The number of allylic oxidation sites excluding steroid dienone is 2. The van der Waals surface area contributed by atoms with Crippen LogP contribution in [-0.4, -0.2) is 29.4 Å². The zero-order valence-electron chi connectivity index (χ0n) is 11.5. The van der Waals surface area contributed by atoms with E-state index in [0.717, 1.165) is 19.4 Å². The molecule has 2 N–H and O–H groups in total. The van der Waals surface area contributed by atoms with Crippen molar-refractivity contribution in [2.75, 3.05) is 6.54 Å². The van der Waals surface area contributed by atoms with Crippen LogP contribution in [0.25, 0.3) is 0 Å². The molecule has 2 unspecified atom stereocenters. The molecule has 1 aliphatic rings. The largest absolute Gasteiger partial charge is 0.338 e. The Morgan fingerprint density at radius 3 is 2.50 bits per heavy atom. The molecule has 0 aromatic rings. The Morgan fingerprint density at radius 1 is 1.39 bits per heavy atom. The van der Waals surface area contributed by atoms with Crippen molar-refractivity contribution in [3.8, 4) is 0 Å². The van der Waals surface area contributed by atoms with Crippen LogP contribution in [0.4, 0.5) is 0 Å². The molecule has 3 heteroatoms. The van der Waals surface area contributed by atoms with Gasteiger partial charge in [-0.3, -0.25) is 4.79 Å². The first-order valence-electron chi connectivity index (χ1n) is 6.89. The van der Waals surface area contributed by atoms with Crippen LogP contribution in [0.2, 0.25) is 0 Å². The number of rotatable bonds is 6. The molecule has 1 amide bonds. The lowest BCUT2D eigenvalue weighted by Gasteiger charge is -2.39. The molecule has 1 heterocycles. The number of piperidine rings is 1. The van der Waals surface area contributed by atoms with Gasteiger partial charge in [-0.2, -0.15) is 0 Å². The topological polar surface area (TPSA) is 46.3 Å². The first kappa shape index (κ1) is 15.0. The van der Waals surface area contributed by atoms with E-state index >= 15 is 0 Å². The lowest BCUT2D eigenvalue weighted by molar-refractivity contribution is -0.139. The van der Waals surface area contributed by atoms with E-state index in [0.29, 0.717) is 12.8 Å². The summed E-state index contributed by atoms with van der Waals surface area (Å²) in [4.78, 5) is 14.6. The second kappa shape index (κ2) is 7.37. The van der Waals surface area contributed by atoms with Gasteiger partial charge in [0.2, 0.25) is 5.91 Å². The highest BCUT2D eigenvalue weighted by Crippen LogP contribution is 2.23. The molecule has 1 fully saturated rings. The Labute approximate surface area is 111 Å². The number of nitrogens with two attached hydrogens (primary N) is 1. The predicted octanol–water partition coefficient (Wildman–Crippen LogP) is 2.48. The van der Waals surface area contributed by atoms with Gasteiger partial charge in [0.15, 0.2) is 0 Å². The Hall–Kier alpha value is -1.09. The minimum atomic E-state index is -0.0145.